The summed E-state index contributed by atoms with van der Waals surface area (Å²) in [6.07, 6.45) is 0.355. The van der Waals surface area contributed by atoms with Crippen molar-refractivity contribution in [2.24, 2.45) is 0 Å². The van der Waals surface area contributed by atoms with Crippen LogP contribution in [0.1, 0.15) is 13.8 Å². The van der Waals surface area contributed by atoms with Crippen molar-refractivity contribution in [3.8, 4) is 5.88 Å². The van der Waals surface area contributed by atoms with E-state index in [2.05, 4.69) is 23.7 Å². The number of anilines is 1. The quantitative estimate of drug-likeness (QED) is 0.840. The molecule has 1 saturated heterocycles. The van der Waals surface area contributed by atoms with E-state index < -0.39 is 0 Å². The van der Waals surface area contributed by atoms with Crippen LogP contribution >= 0.6 is 0 Å². The zero-order valence-corrected chi connectivity index (χ0v) is 12.0. The highest BCUT2D eigenvalue weighted by Gasteiger charge is 2.26. The summed E-state index contributed by atoms with van der Waals surface area (Å²) in [6.45, 7) is 5.74. The third kappa shape index (κ3) is 2.41. The van der Waals surface area contributed by atoms with Gasteiger partial charge in [-0.05, 0) is 26.0 Å². The van der Waals surface area contributed by atoms with Crippen LogP contribution in [0.15, 0.2) is 24.3 Å². The Labute approximate surface area is 118 Å². The second kappa shape index (κ2) is 5.25. The summed E-state index contributed by atoms with van der Waals surface area (Å²) in [5.74, 6) is 1.37. The SMILES string of the molecule is COc1nc2ccccc2nc1N1C[C@@H](C)O[C@@H](C)C1. The molecule has 1 aliphatic heterocycles. The molecule has 0 N–H and O–H groups in total. The smallest absolute Gasteiger partial charge is 0.257 e. The third-order valence-electron chi connectivity index (χ3n) is 3.43. The predicted octanol–water partition coefficient (Wildman–Crippen LogP) is 2.25. The van der Waals surface area contributed by atoms with Gasteiger partial charge in [0.15, 0.2) is 5.82 Å². The van der Waals surface area contributed by atoms with E-state index in [1.165, 1.54) is 0 Å². The Kier molecular flexibility index (Phi) is 3.44. The van der Waals surface area contributed by atoms with E-state index in [0.29, 0.717) is 5.88 Å². The lowest BCUT2D eigenvalue weighted by molar-refractivity contribution is -0.00558. The van der Waals surface area contributed by atoms with Crippen LogP contribution in [-0.4, -0.2) is 42.4 Å². The molecule has 5 heteroatoms. The van der Waals surface area contributed by atoms with Crippen molar-refractivity contribution in [1.82, 2.24) is 9.97 Å². The summed E-state index contributed by atoms with van der Waals surface area (Å²) in [7, 11) is 1.63. The van der Waals surface area contributed by atoms with Gasteiger partial charge in [-0.1, -0.05) is 12.1 Å². The molecular weight excluding hydrogens is 254 g/mol. The minimum atomic E-state index is 0.178. The van der Waals surface area contributed by atoms with Crippen LogP contribution in [0.3, 0.4) is 0 Å². The summed E-state index contributed by atoms with van der Waals surface area (Å²) in [5.41, 5.74) is 1.73. The first-order chi connectivity index (χ1) is 9.67. The number of aromatic nitrogens is 2. The molecule has 0 bridgehead atoms. The third-order valence-corrected chi connectivity index (χ3v) is 3.43. The fourth-order valence-corrected chi connectivity index (χ4v) is 2.67. The number of benzene rings is 1. The van der Waals surface area contributed by atoms with E-state index >= 15 is 0 Å². The van der Waals surface area contributed by atoms with Gasteiger partial charge >= 0.3 is 0 Å². The van der Waals surface area contributed by atoms with Crippen LogP contribution < -0.4 is 9.64 Å². The summed E-state index contributed by atoms with van der Waals surface area (Å²) in [6, 6.07) is 7.84. The molecule has 0 saturated carbocycles. The molecule has 0 aliphatic carbocycles. The zero-order chi connectivity index (χ0) is 14.1. The number of rotatable bonds is 2. The Bertz CT molecular complexity index is 607. The van der Waals surface area contributed by atoms with Crippen molar-refractivity contribution in [2.75, 3.05) is 25.1 Å². The van der Waals surface area contributed by atoms with Gasteiger partial charge in [-0.3, -0.25) is 0 Å². The maximum absolute atomic E-state index is 5.77. The molecule has 1 aromatic carbocycles. The molecule has 0 radical (unpaired) electrons. The fourth-order valence-electron chi connectivity index (χ4n) is 2.67. The monoisotopic (exact) mass is 273 g/mol. The number of methoxy groups -OCH3 is 1. The van der Waals surface area contributed by atoms with Gasteiger partial charge in [-0.15, -0.1) is 0 Å². The predicted molar refractivity (Wildman–Crippen MR) is 78.3 cm³/mol. The number of hydrogen-bond acceptors (Lipinski definition) is 5. The molecule has 0 spiro atoms. The number of morpholine rings is 1. The molecule has 1 fully saturated rings. The van der Waals surface area contributed by atoms with E-state index in [4.69, 9.17) is 14.5 Å². The standard InChI is InChI=1S/C15H19N3O2/c1-10-8-18(9-11(2)20-10)14-15(19-3)17-13-7-5-4-6-12(13)16-14/h4-7,10-11H,8-9H2,1-3H3/t10-,11+. The highest BCUT2D eigenvalue weighted by Crippen LogP contribution is 2.28. The first-order valence-electron chi connectivity index (χ1n) is 6.88. The Morgan fingerprint density at radius 3 is 2.30 bits per heavy atom. The summed E-state index contributed by atoms with van der Waals surface area (Å²) >= 11 is 0. The minimum absolute atomic E-state index is 0.178. The van der Waals surface area contributed by atoms with E-state index in [9.17, 15) is 0 Å². The molecule has 3 rings (SSSR count). The normalized spacial score (nSPS) is 23.1. The van der Waals surface area contributed by atoms with Gasteiger partial charge in [0.1, 0.15) is 0 Å². The first kappa shape index (κ1) is 13.1. The second-order valence-electron chi connectivity index (χ2n) is 5.21. The average Bonchev–Trinajstić information content (AvgIpc) is 2.44. The maximum atomic E-state index is 5.77. The van der Waals surface area contributed by atoms with Crippen LogP contribution in [0.5, 0.6) is 5.88 Å². The summed E-state index contributed by atoms with van der Waals surface area (Å²) in [4.78, 5) is 11.5. The molecule has 5 nitrogen and oxygen atoms in total. The molecule has 0 amide bonds. The molecule has 2 atom stereocenters. The number of nitrogens with zero attached hydrogens (tertiary/aromatic N) is 3. The van der Waals surface area contributed by atoms with Gasteiger partial charge in [0.2, 0.25) is 0 Å². The highest BCUT2D eigenvalue weighted by molar-refractivity contribution is 5.77. The Balaban J connectivity index is 2.04. The topological polar surface area (TPSA) is 47.5 Å². The van der Waals surface area contributed by atoms with Gasteiger partial charge in [0, 0.05) is 13.1 Å². The molecule has 20 heavy (non-hydrogen) atoms. The summed E-state index contributed by atoms with van der Waals surface area (Å²) < 4.78 is 11.2. The zero-order valence-electron chi connectivity index (χ0n) is 12.0. The van der Waals surface area contributed by atoms with Gasteiger partial charge in [0.05, 0.1) is 30.4 Å². The summed E-state index contributed by atoms with van der Waals surface area (Å²) in [5, 5.41) is 0. The van der Waals surface area contributed by atoms with Crippen molar-refractivity contribution in [2.45, 2.75) is 26.1 Å². The molecule has 2 aromatic rings. The average molecular weight is 273 g/mol. The molecule has 1 aromatic heterocycles. The minimum Gasteiger partial charge on any atom is -0.478 e. The molecule has 2 heterocycles. The Morgan fingerprint density at radius 1 is 1.10 bits per heavy atom. The van der Waals surface area contributed by atoms with Crippen molar-refractivity contribution in [3.05, 3.63) is 24.3 Å². The van der Waals surface area contributed by atoms with Crippen LogP contribution in [0.2, 0.25) is 0 Å². The number of hydrogen-bond donors (Lipinski definition) is 0. The van der Waals surface area contributed by atoms with E-state index in [1.54, 1.807) is 7.11 Å². The van der Waals surface area contributed by atoms with E-state index in [1.807, 2.05) is 24.3 Å². The van der Waals surface area contributed by atoms with Gasteiger partial charge in [-0.2, -0.15) is 0 Å². The lowest BCUT2D eigenvalue weighted by Gasteiger charge is -2.36. The fraction of sp³-hybridized carbons (Fsp3) is 0.467. The van der Waals surface area contributed by atoms with E-state index in [-0.39, 0.29) is 12.2 Å². The van der Waals surface area contributed by atoms with Gasteiger partial charge < -0.3 is 14.4 Å². The number of fused-ring (bicyclic) bond motifs is 1. The van der Waals surface area contributed by atoms with E-state index in [0.717, 1.165) is 29.9 Å². The van der Waals surface area contributed by atoms with Crippen molar-refractivity contribution < 1.29 is 9.47 Å². The molecular formula is C15H19N3O2. The van der Waals surface area contributed by atoms with Crippen LogP contribution in [0, 0.1) is 0 Å². The first-order valence-corrected chi connectivity index (χ1v) is 6.88. The van der Waals surface area contributed by atoms with Crippen LogP contribution in [0.4, 0.5) is 5.82 Å². The molecule has 106 valence electrons. The van der Waals surface area contributed by atoms with Gasteiger partial charge in [-0.25, -0.2) is 9.97 Å². The lowest BCUT2D eigenvalue weighted by Crippen LogP contribution is -2.46. The van der Waals surface area contributed by atoms with Crippen molar-refractivity contribution in [3.63, 3.8) is 0 Å². The van der Waals surface area contributed by atoms with Crippen LogP contribution in [0.25, 0.3) is 11.0 Å². The molecule has 0 unspecified atom stereocenters. The second-order valence-corrected chi connectivity index (χ2v) is 5.21. The number of para-hydroxylation sites is 2. The largest absolute Gasteiger partial charge is 0.478 e. The molecule has 1 aliphatic rings. The van der Waals surface area contributed by atoms with Gasteiger partial charge in [0.25, 0.3) is 5.88 Å². The van der Waals surface area contributed by atoms with Crippen LogP contribution in [-0.2, 0) is 4.74 Å². The maximum Gasteiger partial charge on any atom is 0.257 e. The van der Waals surface area contributed by atoms with Crippen molar-refractivity contribution >= 4 is 16.9 Å². The lowest BCUT2D eigenvalue weighted by atomic mass is 10.2. The Morgan fingerprint density at radius 2 is 1.70 bits per heavy atom. The Hall–Kier alpha value is -1.88. The number of ether oxygens (including phenoxy) is 2. The van der Waals surface area contributed by atoms with Crippen molar-refractivity contribution in [1.29, 1.82) is 0 Å². The highest BCUT2D eigenvalue weighted by atomic mass is 16.5.